The lowest BCUT2D eigenvalue weighted by molar-refractivity contribution is -0.137. The summed E-state index contributed by atoms with van der Waals surface area (Å²) in [6.45, 7) is 3.03. The molecular formula is C13H19N3O2. The van der Waals surface area contributed by atoms with Gasteiger partial charge in [-0.1, -0.05) is 0 Å². The number of carbonyl (C=O) groups excluding carboxylic acids is 1. The van der Waals surface area contributed by atoms with Gasteiger partial charge < -0.3 is 14.2 Å². The molecule has 2 saturated heterocycles. The fourth-order valence-electron chi connectivity index (χ4n) is 2.87. The maximum atomic E-state index is 12.3. The average Bonchev–Trinajstić information content (AvgIpc) is 3.11. The second-order valence-electron chi connectivity index (χ2n) is 5.15. The summed E-state index contributed by atoms with van der Waals surface area (Å²) in [6.07, 6.45) is 8.70. The molecule has 1 amide bonds. The molecule has 1 aromatic rings. The van der Waals surface area contributed by atoms with Crippen LogP contribution in [-0.2, 0) is 9.53 Å². The van der Waals surface area contributed by atoms with Crippen molar-refractivity contribution in [3.63, 3.8) is 0 Å². The Morgan fingerprint density at radius 2 is 2.33 bits per heavy atom. The van der Waals surface area contributed by atoms with Gasteiger partial charge in [-0.05, 0) is 19.3 Å². The molecule has 3 rings (SSSR count). The summed E-state index contributed by atoms with van der Waals surface area (Å²) in [4.78, 5) is 18.4. The van der Waals surface area contributed by atoms with Gasteiger partial charge in [-0.25, -0.2) is 4.98 Å². The molecule has 0 spiro atoms. The van der Waals surface area contributed by atoms with E-state index in [9.17, 15) is 4.79 Å². The summed E-state index contributed by atoms with van der Waals surface area (Å²) < 4.78 is 7.42. The van der Waals surface area contributed by atoms with Crippen LogP contribution in [0.3, 0.4) is 0 Å². The fourth-order valence-corrected chi connectivity index (χ4v) is 2.87. The fraction of sp³-hybridized carbons (Fsp3) is 0.692. The van der Waals surface area contributed by atoms with Crippen LogP contribution in [0.5, 0.6) is 0 Å². The summed E-state index contributed by atoms with van der Waals surface area (Å²) in [7, 11) is 0. The van der Waals surface area contributed by atoms with Crippen LogP contribution in [0.2, 0.25) is 0 Å². The Morgan fingerprint density at radius 3 is 3.06 bits per heavy atom. The monoisotopic (exact) mass is 249 g/mol. The van der Waals surface area contributed by atoms with Crippen LogP contribution in [0.4, 0.5) is 0 Å². The number of nitrogens with zero attached hydrogens (tertiary/aromatic N) is 3. The third-order valence-electron chi connectivity index (χ3n) is 3.93. The molecule has 3 heterocycles. The highest BCUT2D eigenvalue weighted by Crippen LogP contribution is 2.24. The van der Waals surface area contributed by atoms with Crippen molar-refractivity contribution in [1.29, 1.82) is 0 Å². The van der Waals surface area contributed by atoms with Gasteiger partial charge in [0.2, 0.25) is 5.91 Å². The van der Waals surface area contributed by atoms with Gasteiger partial charge >= 0.3 is 0 Å². The van der Waals surface area contributed by atoms with Crippen molar-refractivity contribution in [1.82, 2.24) is 14.5 Å². The zero-order chi connectivity index (χ0) is 12.4. The summed E-state index contributed by atoms with van der Waals surface area (Å²) >= 11 is 0. The number of imidazole rings is 1. The lowest BCUT2D eigenvalue weighted by atomic mass is 10.0. The number of amides is 1. The summed E-state index contributed by atoms with van der Waals surface area (Å²) in [5.41, 5.74) is 0. The Hall–Kier alpha value is -1.36. The average molecular weight is 249 g/mol. The van der Waals surface area contributed by atoms with E-state index in [-0.39, 0.29) is 11.8 Å². The van der Waals surface area contributed by atoms with Crippen molar-refractivity contribution in [2.75, 3.05) is 26.3 Å². The minimum atomic E-state index is 0.0894. The molecule has 2 atom stereocenters. The number of piperidine rings is 1. The Morgan fingerprint density at radius 1 is 1.39 bits per heavy atom. The van der Waals surface area contributed by atoms with E-state index in [2.05, 4.69) is 9.55 Å². The molecule has 2 fully saturated rings. The van der Waals surface area contributed by atoms with Crippen molar-refractivity contribution in [3.05, 3.63) is 18.7 Å². The topological polar surface area (TPSA) is 47.4 Å². The van der Waals surface area contributed by atoms with E-state index < -0.39 is 0 Å². The number of likely N-dealkylation sites (tertiary alicyclic amines) is 1. The van der Waals surface area contributed by atoms with Crippen molar-refractivity contribution < 1.29 is 9.53 Å². The number of aromatic nitrogens is 2. The van der Waals surface area contributed by atoms with Crippen molar-refractivity contribution in [3.8, 4) is 0 Å². The smallest absolute Gasteiger partial charge is 0.228 e. The van der Waals surface area contributed by atoms with Crippen LogP contribution in [0.25, 0.3) is 0 Å². The first-order chi connectivity index (χ1) is 8.84. The van der Waals surface area contributed by atoms with E-state index in [0.717, 1.165) is 39.0 Å². The highest BCUT2D eigenvalue weighted by Gasteiger charge is 2.31. The van der Waals surface area contributed by atoms with Crippen LogP contribution < -0.4 is 0 Å². The minimum absolute atomic E-state index is 0.0894. The molecule has 98 valence electrons. The van der Waals surface area contributed by atoms with Gasteiger partial charge in [-0.2, -0.15) is 0 Å². The predicted octanol–water partition coefficient (Wildman–Crippen LogP) is 1.08. The third-order valence-corrected chi connectivity index (χ3v) is 3.93. The zero-order valence-corrected chi connectivity index (χ0v) is 10.5. The number of carbonyl (C=O) groups is 1. The lowest BCUT2D eigenvalue weighted by Gasteiger charge is -2.34. The number of rotatable bonds is 2. The van der Waals surface area contributed by atoms with Gasteiger partial charge in [0.05, 0.1) is 24.9 Å². The Kier molecular flexibility index (Phi) is 3.32. The number of ether oxygens (including phenoxy) is 1. The van der Waals surface area contributed by atoms with Gasteiger partial charge in [-0.3, -0.25) is 4.79 Å². The molecule has 0 aliphatic carbocycles. The predicted molar refractivity (Wildman–Crippen MR) is 66.0 cm³/mol. The van der Waals surface area contributed by atoms with Crippen molar-refractivity contribution in [2.24, 2.45) is 5.92 Å². The van der Waals surface area contributed by atoms with Crippen LogP contribution >= 0.6 is 0 Å². The molecule has 2 aliphatic rings. The molecule has 0 saturated carbocycles. The Labute approximate surface area is 107 Å². The lowest BCUT2D eigenvalue weighted by Crippen LogP contribution is -2.43. The quantitative estimate of drug-likeness (QED) is 0.788. The molecule has 5 heteroatoms. The molecule has 5 nitrogen and oxygen atoms in total. The maximum Gasteiger partial charge on any atom is 0.228 e. The zero-order valence-electron chi connectivity index (χ0n) is 10.5. The highest BCUT2D eigenvalue weighted by molar-refractivity contribution is 5.79. The van der Waals surface area contributed by atoms with E-state index in [1.54, 1.807) is 6.20 Å². The standard InChI is InChI=1S/C13H19N3O2/c17-13(11-3-7-18-9-11)15-5-1-2-12(8-15)16-6-4-14-10-16/h4,6,10-12H,1-3,5,7-9H2/t11-,12+/m0/s1. The molecule has 0 bridgehead atoms. The van der Waals surface area contributed by atoms with E-state index >= 15 is 0 Å². The van der Waals surface area contributed by atoms with E-state index in [1.807, 2.05) is 17.4 Å². The second kappa shape index (κ2) is 5.10. The van der Waals surface area contributed by atoms with Crippen LogP contribution in [0.15, 0.2) is 18.7 Å². The van der Waals surface area contributed by atoms with Crippen molar-refractivity contribution >= 4 is 5.91 Å². The molecule has 0 aromatic carbocycles. The number of hydrogen-bond acceptors (Lipinski definition) is 3. The normalized spacial score (nSPS) is 28.6. The van der Waals surface area contributed by atoms with Crippen LogP contribution in [0, 0.1) is 5.92 Å². The van der Waals surface area contributed by atoms with Gasteiger partial charge in [-0.15, -0.1) is 0 Å². The first kappa shape index (κ1) is 11.7. The summed E-state index contributed by atoms with van der Waals surface area (Å²) in [5.74, 6) is 0.365. The van der Waals surface area contributed by atoms with Gasteiger partial charge in [0.15, 0.2) is 0 Å². The van der Waals surface area contributed by atoms with Crippen LogP contribution in [-0.4, -0.2) is 46.7 Å². The molecule has 0 N–H and O–H groups in total. The SMILES string of the molecule is O=C([C@H]1CCOC1)N1CCC[C@@H](n2ccnc2)C1. The largest absolute Gasteiger partial charge is 0.381 e. The van der Waals surface area contributed by atoms with Gasteiger partial charge in [0.1, 0.15) is 0 Å². The highest BCUT2D eigenvalue weighted by atomic mass is 16.5. The maximum absolute atomic E-state index is 12.3. The molecule has 0 unspecified atom stereocenters. The summed E-state index contributed by atoms with van der Waals surface area (Å²) in [6, 6.07) is 0.382. The second-order valence-corrected chi connectivity index (χ2v) is 5.15. The van der Waals surface area contributed by atoms with Gasteiger partial charge in [0, 0.05) is 32.1 Å². The molecule has 18 heavy (non-hydrogen) atoms. The van der Waals surface area contributed by atoms with E-state index in [1.165, 1.54) is 0 Å². The van der Waals surface area contributed by atoms with Gasteiger partial charge in [0.25, 0.3) is 0 Å². The first-order valence-electron chi connectivity index (χ1n) is 6.68. The Balaban J connectivity index is 1.64. The molecule has 2 aliphatic heterocycles. The van der Waals surface area contributed by atoms with E-state index in [4.69, 9.17) is 4.74 Å². The Bertz CT molecular complexity index is 398. The molecule has 0 radical (unpaired) electrons. The molecule has 1 aromatic heterocycles. The minimum Gasteiger partial charge on any atom is -0.381 e. The summed E-state index contributed by atoms with van der Waals surface area (Å²) in [5, 5.41) is 0. The van der Waals surface area contributed by atoms with Crippen molar-refractivity contribution in [2.45, 2.75) is 25.3 Å². The molecular weight excluding hydrogens is 230 g/mol. The first-order valence-corrected chi connectivity index (χ1v) is 6.68. The number of hydrogen-bond donors (Lipinski definition) is 0. The van der Waals surface area contributed by atoms with Crippen LogP contribution in [0.1, 0.15) is 25.3 Å². The van der Waals surface area contributed by atoms with E-state index in [0.29, 0.717) is 12.6 Å². The third kappa shape index (κ3) is 2.27.